The van der Waals surface area contributed by atoms with Crippen LogP contribution in [0, 0.1) is 5.92 Å². The molecule has 2 rings (SSSR count). The van der Waals surface area contributed by atoms with Crippen molar-refractivity contribution in [3.63, 3.8) is 0 Å². The Hall–Kier alpha value is -0.460. The minimum atomic E-state index is 0.573. The third kappa shape index (κ3) is 7.19. The monoisotopic (exact) mass is 356 g/mol. The third-order valence-corrected chi connectivity index (χ3v) is 6.12. The number of guanidine groups is 1. The van der Waals surface area contributed by atoms with Gasteiger partial charge in [0.1, 0.15) is 0 Å². The highest BCUT2D eigenvalue weighted by Crippen LogP contribution is 2.28. The molecule has 0 aromatic carbocycles. The van der Waals surface area contributed by atoms with E-state index in [0.29, 0.717) is 12.0 Å². The van der Waals surface area contributed by atoms with Crippen molar-refractivity contribution in [2.24, 2.45) is 10.9 Å². The maximum atomic E-state index is 5.42. The fourth-order valence-corrected chi connectivity index (χ4v) is 4.78. The molecule has 0 aromatic heterocycles. The average molecular weight is 357 g/mol. The summed E-state index contributed by atoms with van der Waals surface area (Å²) in [7, 11) is 1.88. The van der Waals surface area contributed by atoms with E-state index < -0.39 is 0 Å². The van der Waals surface area contributed by atoms with E-state index in [1.807, 2.05) is 7.05 Å². The summed E-state index contributed by atoms with van der Waals surface area (Å²) in [5.41, 5.74) is 0. The molecule has 5 nitrogen and oxygen atoms in total. The van der Waals surface area contributed by atoms with E-state index in [0.717, 1.165) is 50.6 Å². The molecule has 0 bridgehead atoms. The first-order valence-corrected chi connectivity index (χ1v) is 10.6. The summed E-state index contributed by atoms with van der Waals surface area (Å²) in [5.74, 6) is 2.80. The van der Waals surface area contributed by atoms with Gasteiger partial charge in [-0.2, -0.15) is 11.8 Å². The molecule has 3 atom stereocenters. The number of hydrogen-bond donors (Lipinski definition) is 2. The van der Waals surface area contributed by atoms with Gasteiger partial charge in [0.15, 0.2) is 5.96 Å². The van der Waals surface area contributed by atoms with Crippen molar-refractivity contribution in [2.75, 3.05) is 52.2 Å². The van der Waals surface area contributed by atoms with Crippen LogP contribution < -0.4 is 10.6 Å². The smallest absolute Gasteiger partial charge is 0.191 e. The SMILES string of the molecule is CCSC1CCCC(NC(=NC)NCC(C)CN2CCOCC2)C1. The Bertz CT molecular complexity index is 372. The molecule has 1 aliphatic heterocycles. The molecule has 1 aliphatic carbocycles. The first kappa shape index (κ1) is 19.9. The topological polar surface area (TPSA) is 48.9 Å². The van der Waals surface area contributed by atoms with Gasteiger partial charge in [-0.1, -0.05) is 20.3 Å². The Labute approximate surface area is 152 Å². The molecule has 2 N–H and O–H groups in total. The van der Waals surface area contributed by atoms with E-state index in [1.165, 1.54) is 31.4 Å². The Balaban J connectivity index is 1.67. The fraction of sp³-hybridized carbons (Fsp3) is 0.944. The molecule has 1 heterocycles. The largest absolute Gasteiger partial charge is 0.379 e. The summed E-state index contributed by atoms with van der Waals surface area (Å²) in [6.07, 6.45) is 5.24. The highest BCUT2D eigenvalue weighted by molar-refractivity contribution is 7.99. The lowest BCUT2D eigenvalue weighted by Gasteiger charge is -2.31. The minimum absolute atomic E-state index is 0.573. The molecule has 0 spiro atoms. The predicted molar refractivity (Wildman–Crippen MR) is 105 cm³/mol. The molecule has 6 heteroatoms. The zero-order chi connectivity index (χ0) is 17.2. The van der Waals surface area contributed by atoms with Gasteiger partial charge in [-0.15, -0.1) is 0 Å². The predicted octanol–water partition coefficient (Wildman–Crippen LogP) is 2.18. The van der Waals surface area contributed by atoms with Crippen LogP contribution in [-0.4, -0.2) is 74.3 Å². The molecule has 0 amide bonds. The van der Waals surface area contributed by atoms with Crippen LogP contribution in [0.2, 0.25) is 0 Å². The Morgan fingerprint density at radius 1 is 1.33 bits per heavy atom. The number of ether oxygens (including phenoxy) is 1. The number of rotatable bonds is 7. The van der Waals surface area contributed by atoms with Gasteiger partial charge in [-0.3, -0.25) is 9.89 Å². The summed E-state index contributed by atoms with van der Waals surface area (Å²) in [4.78, 5) is 6.93. The molecule has 3 unspecified atom stereocenters. The normalized spacial score (nSPS) is 27.7. The van der Waals surface area contributed by atoms with Crippen molar-refractivity contribution >= 4 is 17.7 Å². The second-order valence-corrected chi connectivity index (χ2v) is 8.63. The summed E-state index contributed by atoms with van der Waals surface area (Å²) < 4.78 is 5.42. The van der Waals surface area contributed by atoms with Gasteiger partial charge in [0.25, 0.3) is 0 Å². The number of hydrogen-bond acceptors (Lipinski definition) is 4. The van der Waals surface area contributed by atoms with Crippen LogP contribution in [0.1, 0.15) is 39.5 Å². The van der Waals surface area contributed by atoms with Crippen LogP contribution in [0.4, 0.5) is 0 Å². The molecule has 140 valence electrons. The molecule has 2 aliphatic rings. The number of morpholine rings is 1. The van der Waals surface area contributed by atoms with E-state index in [9.17, 15) is 0 Å². The molecule has 0 aromatic rings. The van der Waals surface area contributed by atoms with Crippen LogP contribution in [0.5, 0.6) is 0 Å². The quantitative estimate of drug-likeness (QED) is 0.541. The van der Waals surface area contributed by atoms with Crippen molar-refractivity contribution in [1.82, 2.24) is 15.5 Å². The second-order valence-electron chi connectivity index (χ2n) is 7.06. The van der Waals surface area contributed by atoms with Gasteiger partial charge in [0, 0.05) is 44.5 Å². The van der Waals surface area contributed by atoms with E-state index in [4.69, 9.17) is 4.74 Å². The lowest BCUT2D eigenvalue weighted by molar-refractivity contribution is 0.0320. The van der Waals surface area contributed by atoms with Gasteiger partial charge >= 0.3 is 0 Å². The van der Waals surface area contributed by atoms with E-state index >= 15 is 0 Å². The molecule has 0 radical (unpaired) electrons. The molecule has 1 saturated heterocycles. The number of aliphatic imine (C=N–C) groups is 1. The lowest BCUT2D eigenvalue weighted by atomic mass is 9.95. The second kappa shape index (κ2) is 11.2. The maximum absolute atomic E-state index is 5.42. The molecule has 24 heavy (non-hydrogen) atoms. The standard InChI is InChI=1S/C18H36N4OS/c1-4-24-17-7-5-6-16(12-17)21-18(19-3)20-13-15(2)14-22-8-10-23-11-9-22/h15-17H,4-14H2,1-3H3,(H2,19,20,21). The average Bonchev–Trinajstić information content (AvgIpc) is 2.60. The third-order valence-electron chi connectivity index (χ3n) is 4.88. The van der Waals surface area contributed by atoms with Gasteiger partial charge in [0.05, 0.1) is 13.2 Å². The van der Waals surface area contributed by atoms with Gasteiger partial charge < -0.3 is 15.4 Å². The van der Waals surface area contributed by atoms with E-state index in [2.05, 4.69) is 46.1 Å². The summed E-state index contributed by atoms with van der Waals surface area (Å²) in [5, 5.41) is 7.99. The zero-order valence-corrected chi connectivity index (χ0v) is 16.5. The van der Waals surface area contributed by atoms with Gasteiger partial charge in [-0.05, 0) is 30.9 Å². The van der Waals surface area contributed by atoms with E-state index in [1.54, 1.807) is 0 Å². The van der Waals surface area contributed by atoms with Crippen LogP contribution in [0.15, 0.2) is 4.99 Å². The van der Waals surface area contributed by atoms with Crippen LogP contribution >= 0.6 is 11.8 Å². The number of nitrogens with zero attached hydrogens (tertiary/aromatic N) is 2. The van der Waals surface area contributed by atoms with Crippen molar-refractivity contribution in [1.29, 1.82) is 0 Å². The van der Waals surface area contributed by atoms with Gasteiger partial charge in [0.2, 0.25) is 0 Å². The van der Waals surface area contributed by atoms with Crippen molar-refractivity contribution < 1.29 is 4.74 Å². The first-order chi connectivity index (χ1) is 11.7. The van der Waals surface area contributed by atoms with Crippen LogP contribution in [0.25, 0.3) is 0 Å². The van der Waals surface area contributed by atoms with E-state index in [-0.39, 0.29) is 0 Å². The molecule has 2 fully saturated rings. The Morgan fingerprint density at radius 3 is 2.83 bits per heavy atom. The maximum Gasteiger partial charge on any atom is 0.191 e. The van der Waals surface area contributed by atoms with Crippen LogP contribution in [-0.2, 0) is 4.74 Å². The number of nitrogens with one attached hydrogen (secondary N) is 2. The van der Waals surface area contributed by atoms with Crippen molar-refractivity contribution in [2.45, 2.75) is 50.8 Å². The fourth-order valence-electron chi connectivity index (χ4n) is 3.61. The highest BCUT2D eigenvalue weighted by atomic mass is 32.2. The summed E-state index contributed by atoms with van der Waals surface area (Å²) in [6.45, 7) is 10.6. The first-order valence-electron chi connectivity index (χ1n) is 9.60. The lowest BCUT2D eigenvalue weighted by Crippen LogP contribution is -2.48. The Morgan fingerprint density at radius 2 is 2.12 bits per heavy atom. The molecular weight excluding hydrogens is 320 g/mol. The highest BCUT2D eigenvalue weighted by Gasteiger charge is 2.22. The molecule has 1 saturated carbocycles. The summed E-state index contributed by atoms with van der Waals surface area (Å²) >= 11 is 2.11. The summed E-state index contributed by atoms with van der Waals surface area (Å²) in [6, 6.07) is 0.573. The minimum Gasteiger partial charge on any atom is -0.379 e. The van der Waals surface area contributed by atoms with Crippen molar-refractivity contribution in [3.05, 3.63) is 0 Å². The van der Waals surface area contributed by atoms with Gasteiger partial charge in [-0.25, -0.2) is 0 Å². The molecular formula is C18H36N4OS. The Kier molecular flexibility index (Phi) is 9.28. The van der Waals surface area contributed by atoms with Crippen molar-refractivity contribution in [3.8, 4) is 0 Å². The zero-order valence-electron chi connectivity index (χ0n) is 15.7. The number of thioether (sulfide) groups is 1. The van der Waals surface area contributed by atoms with Crippen LogP contribution in [0.3, 0.4) is 0 Å².